The maximum atomic E-state index is 12.6. The van der Waals surface area contributed by atoms with Gasteiger partial charge in [0.2, 0.25) is 11.8 Å². The summed E-state index contributed by atoms with van der Waals surface area (Å²) in [6.07, 6.45) is 3.23. The summed E-state index contributed by atoms with van der Waals surface area (Å²) in [6.45, 7) is 1.46. The summed E-state index contributed by atoms with van der Waals surface area (Å²) in [5.41, 5.74) is 0.967. The van der Waals surface area contributed by atoms with Crippen LogP contribution in [0.15, 0.2) is 30.3 Å². The molecule has 1 saturated carbocycles. The second-order valence-corrected chi connectivity index (χ2v) is 7.56. The molecule has 0 spiro atoms. The van der Waals surface area contributed by atoms with Crippen molar-refractivity contribution in [1.82, 2.24) is 9.80 Å². The molecular formula is C21H26N2O5. The van der Waals surface area contributed by atoms with Gasteiger partial charge >= 0.3 is 5.97 Å². The molecule has 1 aromatic rings. The topological polar surface area (TPSA) is 84.0 Å². The van der Waals surface area contributed by atoms with Crippen molar-refractivity contribution in [2.45, 2.75) is 45.2 Å². The lowest BCUT2D eigenvalue weighted by atomic mass is 9.81. The average Bonchev–Trinajstić information content (AvgIpc) is 2.96. The Hall–Kier alpha value is -2.70. The molecule has 0 unspecified atom stereocenters. The lowest BCUT2D eigenvalue weighted by Gasteiger charge is -2.22. The van der Waals surface area contributed by atoms with Crippen molar-refractivity contribution in [3.8, 4) is 0 Å². The predicted molar refractivity (Wildman–Crippen MR) is 101 cm³/mol. The maximum absolute atomic E-state index is 12.6. The summed E-state index contributed by atoms with van der Waals surface area (Å²) in [6, 6.07) is 8.46. The van der Waals surface area contributed by atoms with Crippen molar-refractivity contribution < 1.29 is 23.9 Å². The van der Waals surface area contributed by atoms with Crippen molar-refractivity contribution in [2.24, 2.45) is 11.8 Å². The normalized spacial score (nSPS) is 22.6. The monoisotopic (exact) mass is 386 g/mol. The van der Waals surface area contributed by atoms with E-state index in [2.05, 4.69) is 0 Å². The fraction of sp³-hybridized carbons (Fsp3) is 0.524. The van der Waals surface area contributed by atoms with E-state index in [9.17, 15) is 19.2 Å². The molecule has 1 heterocycles. The lowest BCUT2D eigenvalue weighted by molar-refractivity contribution is -0.161. The van der Waals surface area contributed by atoms with Crippen molar-refractivity contribution in [3.63, 3.8) is 0 Å². The van der Waals surface area contributed by atoms with Gasteiger partial charge in [0.15, 0.2) is 6.61 Å². The summed E-state index contributed by atoms with van der Waals surface area (Å²) in [4.78, 5) is 52.2. The van der Waals surface area contributed by atoms with Gasteiger partial charge in [-0.3, -0.25) is 19.3 Å². The number of carbonyl (C=O) groups is 4. The molecule has 28 heavy (non-hydrogen) atoms. The Morgan fingerprint density at radius 3 is 2.25 bits per heavy atom. The third kappa shape index (κ3) is 4.08. The number of ether oxygens (including phenoxy) is 1. The minimum Gasteiger partial charge on any atom is -0.454 e. The lowest BCUT2D eigenvalue weighted by Crippen LogP contribution is -2.45. The molecule has 150 valence electrons. The minimum atomic E-state index is -1.02. The predicted octanol–water partition coefficient (Wildman–Crippen LogP) is 1.75. The molecule has 1 saturated heterocycles. The average molecular weight is 386 g/mol. The number of esters is 1. The van der Waals surface area contributed by atoms with Crippen LogP contribution in [-0.4, -0.2) is 53.2 Å². The summed E-state index contributed by atoms with van der Waals surface area (Å²) in [5, 5.41) is 0. The van der Waals surface area contributed by atoms with E-state index in [1.807, 2.05) is 30.3 Å². The summed E-state index contributed by atoms with van der Waals surface area (Å²) >= 11 is 0. The van der Waals surface area contributed by atoms with E-state index in [0.29, 0.717) is 19.4 Å². The van der Waals surface area contributed by atoms with Crippen LogP contribution in [0.4, 0.5) is 0 Å². The Morgan fingerprint density at radius 2 is 1.68 bits per heavy atom. The fourth-order valence-corrected chi connectivity index (χ4v) is 3.98. The minimum absolute atomic E-state index is 0.285. The van der Waals surface area contributed by atoms with Crippen LogP contribution in [0.1, 0.15) is 38.2 Å². The molecule has 1 aliphatic carbocycles. The number of imide groups is 1. The number of fused-ring (bicyclic) bond motifs is 1. The fourth-order valence-electron chi connectivity index (χ4n) is 3.98. The third-order valence-corrected chi connectivity index (χ3v) is 5.63. The van der Waals surface area contributed by atoms with E-state index in [1.165, 1.54) is 11.8 Å². The Bertz CT molecular complexity index is 739. The number of carbonyl (C=O) groups excluding carboxylic acids is 4. The zero-order valence-corrected chi connectivity index (χ0v) is 16.3. The van der Waals surface area contributed by atoms with Crippen LogP contribution in [-0.2, 0) is 30.5 Å². The molecule has 1 aliphatic heterocycles. The van der Waals surface area contributed by atoms with Crippen molar-refractivity contribution >= 4 is 23.7 Å². The van der Waals surface area contributed by atoms with E-state index in [-0.39, 0.29) is 29.6 Å². The van der Waals surface area contributed by atoms with E-state index >= 15 is 0 Å². The molecular weight excluding hydrogens is 360 g/mol. The maximum Gasteiger partial charge on any atom is 0.329 e. The first kappa shape index (κ1) is 20.0. The number of hydrogen-bond acceptors (Lipinski definition) is 5. The van der Waals surface area contributed by atoms with E-state index in [1.54, 1.807) is 7.05 Å². The molecule has 0 radical (unpaired) electrons. The zero-order valence-electron chi connectivity index (χ0n) is 16.3. The molecule has 3 atom stereocenters. The molecule has 2 fully saturated rings. The zero-order chi connectivity index (χ0) is 20.3. The van der Waals surface area contributed by atoms with Gasteiger partial charge in [0.1, 0.15) is 6.04 Å². The van der Waals surface area contributed by atoms with Crippen LogP contribution in [0.2, 0.25) is 0 Å². The van der Waals surface area contributed by atoms with Gasteiger partial charge < -0.3 is 9.64 Å². The molecule has 7 nitrogen and oxygen atoms in total. The van der Waals surface area contributed by atoms with Gasteiger partial charge in [-0.05, 0) is 25.3 Å². The van der Waals surface area contributed by atoms with Crippen LogP contribution in [0, 0.1) is 11.8 Å². The number of likely N-dealkylation sites (N-methyl/N-ethyl adjacent to an activating group) is 1. The SMILES string of the molecule is C[C@@H](C(=O)OCC(=O)N(C)Cc1ccccc1)N1C(=O)[C@H]2CCCC[C@@H]2C1=O. The molecule has 3 amide bonds. The first-order chi connectivity index (χ1) is 13.4. The molecule has 2 aliphatic rings. The first-order valence-electron chi connectivity index (χ1n) is 9.71. The van der Waals surface area contributed by atoms with Crippen LogP contribution < -0.4 is 0 Å². The van der Waals surface area contributed by atoms with E-state index < -0.39 is 18.6 Å². The quantitative estimate of drug-likeness (QED) is 0.549. The highest BCUT2D eigenvalue weighted by atomic mass is 16.5. The summed E-state index contributed by atoms with van der Waals surface area (Å²) in [7, 11) is 1.63. The van der Waals surface area contributed by atoms with Crippen molar-refractivity contribution in [2.75, 3.05) is 13.7 Å². The van der Waals surface area contributed by atoms with Gasteiger partial charge in [-0.25, -0.2) is 4.79 Å². The largest absolute Gasteiger partial charge is 0.454 e. The van der Waals surface area contributed by atoms with Crippen LogP contribution in [0.5, 0.6) is 0 Å². The van der Waals surface area contributed by atoms with Gasteiger partial charge in [-0.15, -0.1) is 0 Å². The van der Waals surface area contributed by atoms with Crippen molar-refractivity contribution in [3.05, 3.63) is 35.9 Å². The highest BCUT2D eigenvalue weighted by Crippen LogP contribution is 2.38. The number of nitrogens with zero attached hydrogens (tertiary/aromatic N) is 2. The number of likely N-dealkylation sites (tertiary alicyclic amines) is 1. The molecule has 3 rings (SSSR count). The van der Waals surface area contributed by atoms with Crippen molar-refractivity contribution in [1.29, 1.82) is 0 Å². The van der Waals surface area contributed by atoms with Gasteiger partial charge in [-0.1, -0.05) is 43.2 Å². The smallest absolute Gasteiger partial charge is 0.329 e. The van der Waals surface area contributed by atoms with Crippen LogP contribution in [0.3, 0.4) is 0 Å². The standard InChI is InChI=1S/C21H26N2O5/c1-14(23-19(25)16-10-6-7-11-17(16)20(23)26)21(27)28-13-18(24)22(2)12-15-8-4-3-5-9-15/h3-5,8-9,14,16-17H,6-7,10-13H2,1-2H3/t14-,16-,17-/m0/s1. The first-order valence-corrected chi connectivity index (χ1v) is 9.71. The van der Waals surface area contributed by atoms with Gasteiger partial charge in [0.05, 0.1) is 11.8 Å². The summed E-state index contributed by atoms with van der Waals surface area (Å²) in [5.74, 6) is -2.28. The highest BCUT2D eigenvalue weighted by molar-refractivity contribution is 6.07. The van der Waals surface area contributed by atoms with Crippen LogP contribution >= 0.6 is 0 Å². The Labute approximate surface area is 164 Å². The highest BCUT2D eigenvalue weighted by Gasteiger charge is 2.51. The Kier molecular flexibility index (Phi) is 6.11. The second-order valence-electron chi connectivity index (χ2n) is 7.56. The van der Waals surface area contributed by atoms with Gasteiger partial charge in [0.25, 0.3) is 5.91 Å². The molecule has 0 bridgehead atoms. The van der Waals surface area contributed by atoms with E-state index in [4.69, 9.17) is 4.74 Å². The number of benzene rings is 1. The molecule has 0 N–H and O–H groups in total. The van der Waals surface area contributed by atoms with Gasteiger partial charge in [-0.2, -0.15) is 0 Å². The Balaban J connectivity index is 1.53. The second kappa shape index (κ2) is 8.54. The van der Waals surface area contributed by atoms with Gasteiger partial charge in [0, 0.05) is 13.6 Å². The number of amides is 3. The van der Waals surface area contributed by atoms with Crippen LogP contribution in [0.25, 0.3) is 0 Å². The number of rotatable bonds is 6. The molecule has 0 aromatic heterocycles. The van der Waals surface area contributed by atoms with E-state index in [0.717, 1.165) is 23.3 Å². The molecule has 7 heteroatoms. The molecule has 1 aromatic carbocycles. The summed E-state index contributed by atoms with van der Waals surface area (Å²) < 4.78 is 5.11. The number of hydrogen-bond donors (Lipinski definition) is 0. The third-order valence-electron chi connectivity index (χ3n) is 5.63. The Morgan fingerprint density at radius 1 is 1.11 bits per heavy atom.